The van der Waals surface area contributed by atoms with Crippen molar-refractivity contribution in [1.29, 1.82) is 0 Å². The fourth-order valence-electron chi connectivity index (χ4n) is 7.24. The molecule has 44 heavy (non-hydrogen) atoms. The van der Waals surface area contributed by atoms with E-state index in [1.54, 1.807) is 7.11 Å². The van der Waals surface area contributed by atoms with Gasteiger partial charge in [-0.3, -0.25) is 9.69 Å². The lowest BCUT2D eigenvalue weighted by Crippen LogP contribution is -2.47. The van der Waals surface area contributed by atoms with E-state index in [2.05, 4.69) is 47.9 Å². The molecule has 2 atom stereocenters. The molecule has 4 heterocycles. The minimum atomic E-state index is -0.804. The normalized spacial score (nSPS) is 21.5. The Morgan fingerprint density at radius 2 is 1.80 bits per heavy atom. The topological polar surface area (TPSA) is 84.4 Å². The molecule has 0 amide bonds. The first-order valence-corrected chi connectivity index (χ1v) is 16.1. The number of aryl methyl sites for hydroxylation is 1. The number of aromatic nitrogens is 1. The van der Waals surface area contributed by atoms with Gasteiger partial charge in [0.25, 0.3) is 0 Å². The monoisotopic (exact) mass is 599 g/mol. The molecule has 0 spiro atoms. The van der Waals surface area contributed by atoms with Crippen LogP contribution in [-0.4, -0.2) is 79.6 Å². The number of anilines is 1. The van der Waals surface area contributed by atoms with Crippen molar-refractivity contribution in [3.8, 4) is 17.0 Å². The Morgan fingerprint density at radius 1 is 1.00 bits per heavy atom. The summed E-state index contributed by atoms with van der Waals surface area (Å²) in [6, 6.07) is 17.4. The zero-order valence-corrected chi connectivity index (χ0v) is 26.3. The summed E-state index contributed by atoms with van der Waals surface area (Å²) in [5, 5.41) is 9.59. The molecule has 3 aliphatic rings. The number of para-hydroxylation sites is 1. The summed E-state index contributed by atoms with van der Waals surface area (Å²) in [4.78, 5) is 21.5. The van der Waals surface area contributed by atoms with E-state index in [1.165, 1.54) is 22.3 Å². The maximum absolute atomic E-state index is 11.7. The van der Waals surface area contributed by atoms with E-state index < -0.39 is 11.9 Å². The summed E-state index contributed by atoms with van der Waals surface area (Å²) in [7, 11) is 1.58. The fraction of sp³-hybridized carbons (Fsp3) is 0.500. The van der Waals surface area contributed by atoms with E-state index in [9.17, 15) is 9.90 Å². The molecule has 0 radical (unpaired) electrons. The van der Waals surface area contributed by atoms with Gasteiger partial charge in [0.05, 0.1) is 17.7 Å². The standard InChI is InChI=1S/C36H45N3O5/c1-24-6-4-7-30(32-8-5-9-34(37-32)39-19-14-31(36(40)41)33(22-39)42-3)35(24)44-23-27-11-10-26-12-17-38(18-13-29(26)25(27)2)28-15-20-43-21-16-28/h4-11,28,31,33H,12-23H2,1-3H3,(H,40,41)/t31-,33+/m1/s1. The number of piperidine rings is 1. The highest BCUT2D eigenvalue weighted by atomic mass is 16.5. The minimum absolute atomic E-state index is 0.376. The first-order valence-electron chi connectivity index (χ1n) is 16.1. The van der Waals surface area contributed by atoms with Crippen molar-refractivity contribution in [3.63, 3.8) is 0 Å². The molecule has 8 heteroatoms. The van der Waals surface area contributed by atoms with Crippen LogP contribution in [-0.2, 0) is 33.7 Å². The number of aliphatic carboxylic acids is 1. The zero-order chi connectivity index (χ0) is 30.6. The molecule has 2 aromatic carbocycles. The van der Waals surface area contributed by atoms with Gasteiger partial charge in [-0.15, -0.1) is 0 Å². The number of hydrogen-bond acceptors (Lipinski definition) is 7. The molecule has 6 rings (SSSR count). The average molecular weight is 600 g/mol. The molecule has 0 aliphatic carbocycles. The molecule has 1 N–H and O–H groups in total. The van der Waals surface area contributed by atoms with Crippen molar-refractivity contribution >= 4 is 11.8 Å². The molecule has 0 saturated carbocycles. The highest BCUT2D eigenvalue weighted by Gasteiger charge is 2.35. The van der Waals surface area contributed by atoms with Crippen molar-refractivity contribution in [3.05, 3.63) is 76.3 Å². The number of ether oxygens (including phenoxy) is 3. The van der Waals surface area contributed by atoms with Gasteiger partial charge < -0.3 is 24.2 Å². The van der Waals surface area contributed by atoms with Crippen LogP contribution in [0.1, 0.15) is 47.1 Å². The molecular formula is C36H45N3O5. The Labute approximate surface area is 260 Å². The van der Waals surface area contributed by atoms with E-state index in [1.807, 2.05) is 24.3 Å². The molecule has 0 unspecified atom stereocenters. The van der Waals surface area contributed by atoms with E-state index in [-0.39, 0.29) is 6.10 Å². The smallest absolute Gasteiger partial charge is 0.309 e. The second kappa shape index (κ2) is 13.7. The number of pyridine rings is 1. The fourth-order valence-corrected chi connectivity index (χ4v) is 7.24. The van der Waals surface area contributed by atoms with Crippen molar-refractivity contribution < 1.29 is 24.1 Å². The predicted octanol–water partition coefficient (Wildman–Crippen LogP) is 5.45. The molecule has 234 valence electrons. The predicted molar refractivity (Wildman–Crippen MR) is 171 cm³/mol. The van der Waals surface area contributed by atoms with Gasteiger partial charge >= 0.3 is 5.97 Å². The lowest BCUT2D eigenvalue weighted by atomic mass is 9.94. The maximum Gasteiger partial charge on any atom is 0.309 e. The zero-order valence-electron chi connectivity index (χ0n) is 26.3. The van der Waals surface area contributed by atoms with Crippen LogP contribution < -0.4 is 9.64 Å². The minimum Gasteiger partial charge on any atom is -0.488 e. The summed E-state index contributed by atoms with van der Waals surface area (Å²) in [5.41, 5.74) is 8.39. The number of carbonyl (C=O) groups is 1. The van der Waals surface area contributed by atoms with Crippen LogP contribution in [0.2, 0.25) is 0 Å². The third-order valence-corrected chi connectivity index (χ3v) is 9.93. The van der Waals surface area contributed by atoms with Crippen LogP contribution in [0.15, 0.2) is 48.5 Å². The Morgan fingerprint density at radius 3 is 2.59 bits per heavy atom. The van der Waals surface area contributed by atoms with Gasteiger partial charge in [0, 0.05) is 58.1 Å². The highest BCUT2D eigenvalue weighted by Crippen LogP contribution is 2.35. The van der Waals surface area contributed by atoms with Crippen LogP contribution in [0.3, 0.4) is 0 Å². The number of rotatable bonds is 8. The summed E-state index contributed by atoms with van der Waals surface area (Å²) in [6.07, 6.45) is 4.60. The van der Waals surface area contributed by atoms with Gasteiger partial charge in [0.2, 0.25) is 0 Å². The van der Waals surface area contributed by atoms with Gasteiger partial charge in [0.15, 0.2) is 0 Å². The first-order chi connectivity index (χ1) is 21.4. The number of fused-ring (bicyclic) bond motifs is 1. The SMILES string of the molecule is CO[C@H]1CN(c2cccc(-c3cccc(C)c3OCc3ccc4c(c3C)CCN(C3CCOCC3)CC4)n2)CC[C@H]1C(=O)O. The number of hydrogen-bond donors (Lipinski definition) is 1. The number of methoxy groups -OCH3 is 1. The largest absolute Gasteiger partial charge is 0.488 e. The Kier molecular flexibility index (Phi) is 9.50. The van der Waals surface area contributed by atoms with Crippen LogP contribution in [0, 0.1) is 19.8 Å². The number of benzene rings is 2. The quantitative estimate of drug-likeness (QED) is 0.366. The van der Waals surface area contributed by atoms with Crippen molar-refractivity contribution in [2.24, 2.45) is 5.92 Å². The van der Waals surface area contributed by atoms with Gasteiger partial charge in [-0.1, -0.05) is 30.3 Å². The summed E-state index contributed by atoms with van der Waals surface area (Å²) in [5.74, 6) is 0.355. The summed E-state index contributed by atoms with van der Waals surface area (Å²) >= 11 is 0. The van der Waals surface area contributed by atoms with Gasteiger partial charge in [-0.2, -0.15) is 0 Å². The van der Waals surface area contributed by atoms with Gasteiger partial charge in [-0.05, 0) is 92.0 Å². The van der Waals surface area contributed by atoms with E-state index >= 15 is 0 Å². The Bertz CT molecular complexity index is 1470. The Hall–Kier alpha value is -3.46. The second-order valence-electron chi connectivity index (χ2n) is 12.4. The van der Waals surface area contributed by atoms with E-state index in [0.29, 0.717) is 32.2 Å². The lowest BCUT2D eigenvalue weighted by Gasteiger charge is -2.36. The van der Waals surface area contributed by atoms with Gasteiger partial charge in [-0.25, -0.2) is 4.98 Å². The van der Waals surface area contributed by atoms with Crippen LogP contribution in [0.25, 0.3) is 11.3 Å². The van der Waals surface area contributed by atoms with Crippen molar-refractivity contribution in [1.82, 2.24) is 9.88 Å². The average Bonchev–Trinajstić information content (AvgIpc) is 3.28. The molecule has 8 nitrogen and oxygen atoms in total. The van der Waals surface area contributed by atoms with Crippen LogP contribution in [0.4, 0.5) is 5.82 Å². The maximum atomic E-state index is 11.7. The molecule has 0 bridgehead atoms. The molecular weight excluding hydrogens is 554 g/mol. The van der Waals surface area contributed by atoms with Gasteiger partial charge in [0.1, 0.15) is 18.2 Å². The summed E-state index contributed by atoms with van der Waals surface area (Å²) < 4.78 is 17.8. The van der Waals surface area contributed by atoms with E-state index in [4.69, 9.17) is 19.2 Å². The number of carboxylic acid groups (broad SMARTS) is 1. The third kappa shape index (κ3) is 6.48. The second-order valence-corrected chi connectivity index (χ2v) is 12.4. The molecule has 2 saturated heterocycles. The number of carboxylic acids is 1. The Balaban J connectivity index is 1.18. The van der Waals surface area contributed by atoms with Crippen LogP contribution >= 0.6 is 0 Å². The summed E-state index contributed by atoms with van der Waals surface area (Å²) in [6.45, 7) is 9.94. The highest BCUT2D eigenvalue weighted by molar-refractivity contribution is 5.72. The van der Waals surface area contributed by atoms with Crippen molar-refractivity contribution in [2.45, 2.75) is 64.7 Å². The van der Waals surface area contributed by atoms with E-state index in [0.717, 1.165) is 80.4 Å². The lowest BCUT2D eigenvalue weighted by molar-refractivity contribution is -0.147. The first kappa shape index (κ1) is 30.6. The van der Waals surface area contributed by atoms with Crippen LogP contribution in [0.5, 0.6) is 5.75 Å². The van der Waals surface area contributed by atoms with Crippen molar-refractivity contribution in [2.75, 3.05) is 51.4 Å². The molecule has 1 aromatic heterocycles. The molecule has 3 aromatic rings. The molecule has 3 aliphatic heterocycles. The molecule has 2 fully saturated rings. The number of nitrogens with zero attached hydrogens (tertiary/aromatic N) is 3. The third-order valence-electron chi connectivity index (χ3n) is 9.93.